The summed E-state index contributed by atoms with van der Waals surface area (Å²) in [7, 11) is 0. The zero-order valence-corrected chi connectivity index (χ0v) is 14.3. The van der Waals surface area contributed by atoms with Gasteiger partial charge in [0.05, 0.1) is 11.3 Å². The van der Waals surface area contributed by atoms with Crippen LogP contribution >= 0.6 is 24.0 Å². The smallest absolute Gasteiger partial charge is 0.273 e. The Bertz CT molecular complexity index is 804. The Morgan fingerprint density at radius 1 is 1.08 bits per heavy atom. The fourth-order valence-electron chi connectivity index (χ4n) is 2.21. The number of carbonyl (C=O) groups excluding carboxylic acids is 2. The van der Waals surface area contributed by atoms with Crippen molar-refractivity contribution in [1.29, 1.82) is 0 Å². The molecule has 0 bridgehead atoms. The van der Waals surface area contributed by atoms with Crippen LogP contribution in [0.5, 0.6) is 0 Å². The second-order valence-corrected chi connectivity index (χ2v) is 6.80. The zero-order chi connectivity index (χ0) is 16.9. The van der Waals surface area contributed by atoms with Gasteiger partial charge >= 0.3 is 0 Å². The van der Waals surface area contributed by atoms with Crippen molar-refractivity contribution in [2.24, 2.45) is 0 Å². The normalized spacial score (nSPS) is 15.8. The largest absolute Gasteiger partial charge is 0.285 e. The highest BCUT2D eigenvalue weighted by molar-refractivity contribution is 8.26. The van der Waals surface area contributed by atoms with Gasteiger partial charge in [0, 0.05) is 0 Å². The number of nitrogens with one attached hydrogen (secondary N) is 1. The summed E-state index contributed by atoms with van der Waals surface area (Å²) in [6.07, 6.45) is 1.96. The van der Waals surface area contributed by atoms with E-state index in [9.17, 15) is 9.59 Å². The Kier molecular flexibility index (Phi) is 5.08. The highest BCUT2D eigenvalue weighted by atomic mass is 32.2. The van der Waals surface area contributed by atoms with Crippen LogP contribution in [0.1, 0.15) is 11.1 Å². The molecule has 0 atom stereocenters. The van der Waals surface area contributed by atoms with Crippen LogP contribution in [0, 0.1) is 0 Å². The molecule has 0 saturated carbocycles. The number of hydrogen-bond acceptors (Lipinski definition) is 4. The average molecular weight is 354 g/mol. The molecule has 120 valence electrons. The lowest BCUT2D eigenvalue weighted by Gasteiger charge is -2.15. The number of carbonyl (C=O) groups is 2. The first-order valence-corrected chi connectivity index (χ1v) is 8.52. The lowest BCUT2D eigenvalue weighted by Crippen LogP contribution is -2.45. The molecule has 0 aliphatic carbocycles. The van der Waals surface area contributed by atoms with Gasteiger partial charge in [-0.3, -0.25) is 15.0 Å². The SMILES string of the molecule is O=C(Cc1ccccc1)NN1C(=O)/C(=C\c2ccccc2)SC1=S. The Morgan fingerprint density at radius 3 is 2.38 bits per heavy atom. The van der Waals surface area contributed by atoms with Gasteiger partial charge in [-0.25, -0.2) is 0 Å². The van der Waals surface area contributed by atoms with E-state index in [2.05, 4.69) is 5.43 Å². The first kappa shape index (κ1) is 16.4. The summed E-state index contributed by atoms with van der Waals surface area (Å²) in [5, 5.41) is 1.14. The predicted molar refractivity (Wildman–Crippen MR) is 99.7 cm³/mol. The van der Waals surface area contributed by atoms with E-state index in [1.807, 2.05) is 60.7 Å². The van der Waals surface area contributed by atoms with Crippen LogP contribution in [0.4, 0.5) is 0 Å². The van der Waals surface area contributed by atoms with Crippen molar-refractivity contribution in [1.82, 2.24) is 10.4 Å². The standard InChI is InChI=1S/C18H14N2O2S2/c21-16(12-14-9-5-2-6-10-14)19-20-17(22)15(24-18(20)23)11-13-7-3-1-4-8-13/h1-11H,12H2,(H,19,21)/b15-11+. The van der Waals surface area contributed by atoms with Crippen molar-refractivity contribution in [2.45, 2.75) is 6.42 Å². The second-order valence-electron chi connectivity index (χ2n) is 5.13. The molecule has 1 saturated heterocycles. The third-order valence-corrected chi connectivity index (χ3v) is 4.64. The van der Waals surface area contributed by atoms with Gasteiger partial charge < -0.3 is 0 Å². The average Bonchev–Trinajstić information content (AvgIpc) is 2.84. The number of rotatable bonds is 4. The summed E-state index contributed by atoms with van der Waals surface area (Å²) in [5.41, 5.74) is 4.37. The lowest BCUT2D eigenvalue weighted by atomic mass is 10.1. The molecule has 0 spiro atoms. The van der Waals surface area contributed by atoms with E-state index in [0.29, 0.717) is 9.23 Å². The van der Waals surface area contributed by atoms with Gasteiger partial charge in [0.15, 0.2) is 4.32 Å². The van der Waals surface area contributed by atoms with Crippen molar-refractivity contribution >= 4 is 46.2 Å². The van der Waals surface area contributed by atoms with Crippen LogP contribution in [-0.4, -0.2) is 21.1 Å². The molecule has 1 fully saturated rings. The Labute approximate surface area is 149 Å². The van der Waals surface area contributed by atoms with Crippen molar-refractivity contribution in [3.63, 3.8) is 0 Å². The maximum Gasteiger partial charge on any atom is 0.285 e. The minimum Gasteiger partial charge on any atom is -0.273 e. The lowest BCUT2D eigenvalue weighted by molar-refractivity contribution is -0.132. The van der Waals surface area contributed by atoms with Crippen molar-refractivity contribution < 1.29 is 9.59 Å². The van der Waals surface area contributed by atoms with E-state index in [4.69, 9.17) is 12.2 Å². The third kappa shape index (κ3) is 3.90. The summed E-state index contributed by atoms with van der Waals surface area (Å²) >= 11 is 6.39. The first-order valence-electron chi connectivity index (χ1n) is 7.30. The van der Waals surface area contributed by atoms with Crippen molar-refractivity contribution in [3.8, 4) is 0 Å². The molecule has 2 aromatic carbocycles. The van der Waals surface area contributed by atoms with E-state index >= 15 is 0 Å². The summed E-state index contributed by atoms with van der Waals surface area (Å²) in [4.78, 5) is 25.1. The number of benzene rings is 2. The van der Waals surface area contributed by atoms with Crippen LogP contribution in [0.3, 0.4) is 0 Å². The van der Waals surface area contributed by atoms with Gasteiger partial charge in [-0.05, 0) is 29.4 Å². The van der Waals surface area contributed by atoms with Crippen molar-refractivity contribution in [2.75, 3.05) is 0 Å². The van der Waals surface area contributed by atoms with E-state index in [-0.39, 0.29) is 18.2 Å². The highest BCUT2D eigenvalue weighted by Crippen LogP contribution is 2.31. The molecule has 1 heterocycles. The molecule has 2 aromatic rings. The Balaban J connectivity index is 1.68. The number of amides is 2. The zero-order valence-electron chi connectivity index (χ0n) is 12.6. The fourth-order valence-corrected chi connectivity index (χ4v) is 3.39. The Hall–Kier alpha value is -2.44. The van der Waals surface area contributed by atoms with Gasteiger partial charge in [-0.2, -0.15) is 5.01 Å². The quantitative estimate of drug-likeness (QED) is 0.677. The second kappa shape index (κ2) is 7.42. The van der Waals surface area contributed by atoms with Crippen molar-refractivity contribution in [3.05, 3.63) is 76.7 Å². The molecule has 0 aromatic heterocycles. The van der Waals surface area contributed by atoms with Crippen LogP contribution in [0.15, 0.2) is 65.6 Å². The molecule has 6 heteroatoms. The van der Waals surface area contributed by atoms with E-state index in [0.717, 1.165) is 16.1 Å². The maximum atomic E-state index is 12.4. The number of hydrogen-bond donors (Lipinski definition) is 1. The maximum absolute atomic E-state index is 12.4. The van der Waals surface area contributed by atoms with Crippen LogP contribution in [0.25, 0.3) is 6.08 Å². The van der Waals surface area contributed by atoms with E-state index in [1.165, 1.54) is 11.8 Å². The molecule has 0 radical (unpaired) electrons. The third-order valence-electron chi connectivity index (χ3n) is 3.34. The van der Waals surface area contributed by atoms with Crippen LogP contribution in [-0.2, 0) is 16.0 Å². The molecule has 2 amide bonds. The molecule has 1 aliphatic rings. The molecular formula is C18H14N2O2S2. The Morgan fingerprint density at radius 2 is 1.71 bits per heavy atom. The number of thiocarbonyl (C=S) groups is 1. The molecule has 1 N–H and O–H groups in total. The summed E-state index contributed by atoms with van der Waals surface area (Å²) in [6.45, 7) is 0. The minimum atomic E-state index is -0.310. The number of hydrazine groups is 1. The molecule has 0 unspecified atom stereocenters. The van der Waals surface area contributed by atoms with Gasteiger partial charge in [-0.1, -0.05) is 72.4 Å². The summed E-state index contributed by atoms with van der Waals surface area (Å²) in [6, 6.07) is 18.8. The highest BCUT2D eigenvalue weighted by Gasteiger charge is 2.33. The summed E-state index contributed by atoms with van der Waals surface area (Å²) < 4.78 is 0.323. The molecule has 24 heavy (non-hydrogen) atoms. The van der Waals surface area contributed by atoms with E-state index < -0.39 is 0 Å². The predicted octanol–water partition coefficient (Wildman–Crippen LogP) is 3.16. The molecule has 3 rings (SSSR count). The monoisotopic (exact) mass is 354 g/mol. The van der Waals surface area contributed by atoms with Crippen LogP contribution < -0.4 is 5.43 Å². The molecule has 4 nitrogen and oxygen atoms in total. The van der Waals surface area contributed by atoms with Crippen LogP contribution in [0.2, 0.25) is 0 Å². The number of thioether (sulfide) groups is 1. The fraction of sp³-hybridized carbons (Fsp3) is 0.0556. The van der Waals surface area contributed by atoms with Gasteiger partial charge in [0.1, 0.15) is 0 Å². The van der Waals surface area contributed by atoms with Gasteiger partial charge in [0.25, 0.3) is 5.91 Å². The summed E-state index contributed by atoms with van der Waals surface area (Å²) in [5.74, 6) is -0.589. The molecular weight excluding hydrogens is 340 g/mol. The first-order chi connectivity index (χ1) is 11.6. The van der Waals surface area contributed by atoms with E-state index in [1.54, 1.807) is 6.08 Å². The minimum absolute atomic E-state index is 0.190. The number of nitrogens with zero attached hydrogens (tertiary/aromatic N) is 1. The molecule has 1 aliphatic heterocycles. The van der Waals surface area contributed by atoms with Gasteiger partial charge in [0.2, 0.25) is 5.91 Å². The topological polar surface area (TPSA) is 49.4 Å². The van der Waals surface area contributed by atoms with Gasteiger partial charge in [-0.15, -0.1) is 0 Å².